The lowest BCUT2D eigenvalue weighted by Crippen LogP contribution is -2.44. The molecule has 2 atom stereocenters. The second kappa shape index (κ2) is 14.5. The summed E-state index contributed by atoms with van der Waals surface area (Å²) in [5, 5.41) is 30.1. The molecule has 4 aliphatic rings. The van der Waals surface area contributed by atoms with Crippen LogP contribution in [0.5, 0.6) is 5.75 Å². The fourth-order valence-electron chi connectivity index (χ4n) is 7.15. The van der Waals surface area contributed by atoms with Gasteiger partial charge in [-0.25, -0.2) is 13.8 Å². The Labute approximate surface area is 284 Å². The van der Waals surface area contributed by atoms with Crippen LogP contribution in [0.15, 0.2) is 83.9 Å². The molecular weight excluding hydrogens is 628 g/mol. The molecule has 3 aliphatic heterocycles. The number of aliphatic hydroxyl groups excluding tert-OH is 1. The highest BCUT2D eigenvalue weighted by atomic mass is 19.1. The predicted molar refractivity (Wildman–Crippen MR) is 185 cm³/mol. The van der Waals surface area contributed by atoms with Crippen LogP contribution in [-0.2, 0) is 6.54 Å². The number of hydrogen-bond donors (Lipinski definition) is 5. The number of β-amino-alcohol motifs (C(OH)–C–C–N with tert-alkyl or cyclic N) is 1. The summed E-state index contributed by atoms with van der Waals surface area (Å²) < 4.78 is 28.0. The molecule has 4 heterocycles. The lowest BCUT2D eigenvalue weighted by atomic mass is 9.91. The zero-order valence-electron chi connectivity index (χ0n) is 27.2. The van der Waals surface area contributed by atoms with Crippen LogP contribution in [0.2, 0.25) is 0 Å². The van der Waals surface area contributed by atoms with Gasteiger partial charge in [0.05, 0.1) is 23.9 Å². The number of pyridine rings is 1. The van der Waals surface area contributed by atoms with Gasteiger partial charge in [-0.15, -0.1) is 0 Å². The Morgan fingerprint density at radius 1 is 0.980 bits per heavy atom. The lowest BCUT2D eigenvalue weighted by Gasteiger charge is -2.30. The number of halogens is 2. The Balaban J connectivity index is 0.965. The van der Waals surface area contributed by atoms with Crippen LogP contribution in [0.1, 0.15) is 48.0 Å². The normalized spacial score (nSPS) is 23.6. The highest BCUT2D eigenvalue weighted by Gasteiger charge is 2.28. The number of allylic oxidation sites excluding steroid dienone is 2. The van der Waals surface area contributed by atoms with E-state index < -0.39 is 5.82 Å². The number of aliphatic hydroxyl groups is 1. The quantitative estimate of drug-likeness (QED) is 0.205. The van der Waals surface area contributed by atoms with Crippen LogP contribution in [0, 0.1) is 5.82 Å². The van der Waals surface area contributed by atoms with Crippen LogP contribution in [-0.4, -0.2) is 87.1 Å². The molecule has 12 heteroatoms. The molecule has 49 heavy (non-hydrogen) atoms. The molecular formula is C37H41F2N7O3. The van der Waals surface area contributed by atoms with Crippen molar-refractivity contribution in [2.75, 3.05) is 31.5 Å². The number of carbonyl (C=O) groups is 1. The predicted octanol–water partition coefficient (Wildman–Crippen LogP) is 5.00. The van der Waals surface area contributed by atoms with Crippen molar-refractivity contribution >= 4 is 23.2 Å². The van der Waals surface area contributed by atoms with E-state index in [0.717, 1.165) is 67.4 Å². The summed E-state index contributed by atoms with van der Waals surface area (Å²) in [6.45, 7) is 3.31. The van der Waals surface area contributed by atoms with E-state index in [0.29, 0.717) is 37.9 Å². The van der Waals surface area contributed by atoms with Crippen LogP contribution < -0.4 is 16.0 Å². The molecule has 2 aromatic carbocycles. The van der Waals surface area contributed by atoms with Gasteiger partial charge >= 0.3 is 0 Å². The number of carbonyl (C=O) groups excluding carboxylic acids is 1. The van der Waals surface area contributed by atoms with Gasteiger partial charge in [-0.2, -0.15) is 0 Å². The van der Waals surface area contributed by atoms with Crippen LogP contribution in [0.3, 0.4) is 0 Å². The van der Waals surface area contributed by atoms with Crippen LogP contribution >= 0.6 is 0 Å². The number of aliphatic imine (C=N–C) groups is 1. The number of rotatable bonds is 10. The molecule has 2 fully saturated rings. The molecule has 3 aromatic rings. The fraction of sp³-hybridized carbons (Fsp3) is 0.378. The second-order valence-electron chi connectivity index (χ2n) is 13.3. The number of phenols is 1. The van der Waals surface area contributed by atoms with Crippen molar-refractivity contribution in [1.82, 2.24) is 25.4 Å². The van der Waals surface area contributed by atoms with Crippen molar-refractivity contribution < 1.29 is 23.8 Å². The van der Waals surface area contributed by atoms with E-state index in [1.807, 2.05) is 35.2 Å². The Kier molecular flexibility index (Phi) is 9.70. The van der Waals surface area contributed by atoms with Gasteiger partial charge in [-0.3, -0.25) is 14.7 Å². The minimum absolute atomic E-state index is 0.0476. The van der Waals surface area contributed by atoms with Gasteiger partial charge < -0.3 is 31.1 Å². The molecule has 0 radical (unpaired) electrons. The highest BCUT2D eigenvalue weighted by molar-refractivity contribution is 5.99. The van der Waals surface area contributed by atoms with E-state index in [-0.39, 0.29) is 47.1 Å². The molecule has 1 aliphatic carbocycles. The summed E-state index contributed by atoms with van der Waals surface area (Å²) in [7, 11) is 0. The third-order valence-corrected chi connectivity index (χ3v) is 9.66. The first-order valence-corrected chi connectivity index (χ1v) is 16.9. The van der Waals surface area contributed by atoms with Crippen molar-refractivity contribution in [3.05, 3.63) is 95.9 Å². The van der Waals surface area contributed by atoms with Gasteiger partial charge in [0.2, 0.25) is 0 Å². The molecule has 7 rings (SSSR count). The summed E-state index contributed by atoms with van der Waals surface area (Å²) in [5.41, 5.74) is 3.58. The number of anilines is 2. The lowest BCUT2D eigenvalue weighted by molar-refractivity contribution is 0.0924. The number of phenolic OH excluding ortho intramolecular Hbond substituents is 1. The third-order valence-electron chi connectivity index (χ3n) is 9.66. The second-order valence-corrected chi connectivity index (χ2v) is 13.3. The highest BCUT2D eigenvalue weighted by Crippen LogP contribution is 2.32. The first-order chi connectivity index (χ1) is 23.8. The molecule has 1 aromatic heterocycles. The number of aromatic nitrogens is 1. The van der Waals surface area contributed by atoms with Crippen molar-refractivity contribution in [2.24, 2.45) is 4.99 Å². The summed E-state index contributed by atoms with van der Waals surface area (Å²) in [6.07, 6.45) is 9.41. The number of fused-ring (bicyclic) bond motifs is 1. The van der Waals surface area contributed by atoms with Gasteiger partial charge in [0.1, 0.15) is 29.0 Å². The number of amides is 1. The maximum absolute atomic E-state index is 14.4. The van der Waals surface area contributed by atoms with Crippen molar-refractivity contribution in [1.29, 1.82) is 0 Å². The number of nitrogens with zero attached hydrogens (tertiary/aromatic N) is 4. The molecule has 0 bridgehead atoms. The molecule has 1 unspecified atom stereocenters. The number of likely N-dealkylation sites (tertiary alicyclic amines) is 1. The number of benzene rings is 2. The summed E-state index contributed by atoms with van der Waals surface area (Å²) in [6, 6.07) is 14.4. The van der Waals surface area contributed by atoms with Gasteiger partial charge in [-0.05, 0) is 91.3 Å². The Morgan fingerprint density at radius 2 is 1.82 bits per heavy atom. The first-order valence-electron chi connectivity index (χ1n) is 16.9. The van der Waals surface area contributed by atoms with Gasteiger partial charge in [0.25, 0.3) is 5.91 Å². The maximum Gasteiger partial charge on any atom is 0.255 e. The number of nitrogens with one attached hydrogen (secondary N) is 3. The Bertz CT molecular complexity index is 1790. The van der Waals surface area contributed by atoms with E-state index in [1.54, 1.807) is 18.2 Å². The van der Waals surface area contributed by atoms with E-state index in [9.17, 15) is 23.8 Å². The summed E-state index contributed by atoms with van der Waals surface area (Å²) in [5.74, 6) is -0.0409. The average Bonchev–Trinajstić information content (AvgIpc) is 3.70. The van der Waals surface area contributed by atoms with Crippen molar-refractivity contribution in [3.63, 3.8) is 0 Å². The average molecular weight is 670 g/mol. The first kappa shape index (κ1) is 32.9. The van der Waals surface area contributed by atoms with Crippen LogP contribution in [0.25, 0.3) is 11.1 Å². The smallest absolute Gasteiger partial charge is 0.255 e. The van der Waals surface area contributed by atoms with Gasteiger partial charge in [-0.1, -0.05) is 18.2 Å². The van der Waals surface area contributed by atoms with Crippen molar-refractivity contribution in [2.45, 2.75) is 62.9 Å². The number of amidine groups is 1. The molecule has 1 saturated carbocycles. The zero-order chi connectivity index (χ0) is 33.9. The largest absolute Gasteiger partial charge is 0.508 e. The topological polar surface area (TPSA) is 125 Å². The zero-order valence-corrected chi connectivity index (χ0v) is 27.2. The Hall–Kier alpha value is -4.65. The van der Waals surface area contributed by atoms with E-state index in [4.69, 9.17) is 0 Å². The summed E-state index contributed by atoms with van der Waals surface area (Å²) >= 11 is 0. The standard InChI is InChI=1S/C37H41F2N7O3/c38-25-4-11-35-42-30(21-46(35)20-25)18-40-27-5-7-28(8-6-27)44-37(49)34-16-26(39)17-41-36(34)43-29-3-1-2-23(14-29)33-10-9-31(47)15-24(33)19-45-13-12-32(48)22-45/h1-4,9-11,14-17,20,27-28,30,32,40,47-48H,5-8,12-13,18-19,21-22H2,(H,41,43)(H,44,49)/t27?,28?,30?,32-/m0/s1. The minimum Gasteiger partial charge on any atom is -0.508 e. The minimum atomic E-state index is -0.599. The molecule has 256 valence electrons. The number of aromatic hydroxyl groups is 1. The van der Waals surface area contributed by atoms with E-state index >= 15 is 0 Å². The number of hydrogen-bond acceptors (Lipinski definition) is 9. The van der Waals surface area contributed by atoms with Gasteiger partial charge in [0.15, 0.2) is 0 Å². The Morgan fingerprint density at radius 3 is 2.63 bits per heavy atom. The third kappa shape index (κ3) is 7.98. The van der Waals surface area contributed by atoms with Gasteiger partial charge in [0, 0.05) is 56.7 Å². The fourth-order valence-corrected chi connectivity index (χ4v) is 7.15. The monoisotopic (exact) mass is 669 g/mol. The van der Waals surface area contributed by atoms with Crippen molar-refractivity contribution in [3.8, 4) is 16.9 Å². The van der Waals surface area contributed by atoms with E-state index in [2.05, 4.69) is 30.8 Å². The molecule has 0 spiro atoms. The maximum atomic E-state index is 14.4. The molecule has 1 saturated heterocycles. The van der Waals surface area contributed by atoms with E-state index in [1.165, 1.54) is 18.3 Å². The van der Waals surface area contributed by atoms with Crippen LogP contribution in [0.4, 0.5) is 20.3 Å². The summed E-state index contributed by atoms with van der Waals surface area (Å²) in [4.78, 5) is 26.4. The SMILES string of the molecule is O=C(NC1CCC(NCC2CN3C=C(F)C=CC3=N2)CC1)c1cc(F)cnc1Nc1cccc(-c2ccc(O)cc2CN2CC[C@H](O)C2)c1. The molecule has 10 nitrogen and oxygen atoms in total. The molecule has 1 amide bonds. The molecule has 5 N–H and O–H groups in total.